The largest absolute Gasteiger partial charge is 0.508 e. The fraction of sp³-hybridized carbons (Fsp3) is 0.281. The van der Waals surface area contributed by atoms with E-state index in [2.05, 4.69) is 58.0 Å². The van der Waals surface area contributed by atoms with Crippen molar-refractivity contribution in [3.63, 3.8) is 0 Å². The highest BCUT2D eigenvalue weighted by Gasteiger charge is 2.37. The number of carboxylic acid groups (broad SMARTS) is 1. The molecule has 2 N–H and O–H groups in total. The minimum absolute atomic E-state index is 0.153. The molecule has 1 fully saturated rings. The summed E-state index contributed by atoms with van der Waals surface area (Å²) in [4.78, 5) is 11.5. The Morgan fingerprint density at radius 1 is 0.829 bits per heavy atom. The fourth-order valence-electron chi connectivity index (χ4n) is 5.89. The zero-order valence-corrected chi connectivity index (χ0v) is 21.0. The van der Waals surface area contributed by atoms with E-state index in [0.717, 1.165) is 52.7 Å². The van der Waals surface area contributed by atoms with Crippen molar-refractivity contribution < 1.29 is 15.0 Å². The van der Waals surface area contributed by atoms with Crippen LogP contribution in [0.3, 0.4) is 0 Å². The lowest BCUT2D eigenvalue weighted by Gasteiger charge is -2.43. The molecule has 1 saturated carbocycles. The molecule has 0 saturated heterocycles. The van der Waals surface area contributed by atoms with Crippen LogP contribution in [0.25, 0.3) is 22.8 Å². The van der Waals surface area contributed by atoms with Crippen LogP contribution in [0.1, 0.15) is 63.6 Å². The number of rotatable bonds is 5. The van der Waals surface area contributed by atoms with Crippen molar-refractivity contribution in [2.75, 3.05) is 0 Å². The molecule has 1 aliphatic rings. The summed E-state index contributed by atoms with van der Waals surface area (Å²) < 4.78 is 0. The van der Waals surface area contributed by atoms with E-state index >= 15 is 0 Å². The second-order valence-electron chi connectivity index (χ2n) is 11.2. The van der Waals surface area contributed by atoms with Crippen LogP contribution in [0.15, 0.2) is 84.4 Å². The maximum absolute atomic E-state index is 11.5. The van der Waals surface area contributed by atoms with Gasteiger partial charge in [0.05, 0.1) is 0 Å². The molecule has 35 heavy (non-hydrogen) atoms. The number of carboxylic acids is 1. The monoisotopic (exact) mass is 466 g/mol. The van der Waals surface area contributed by atoms with E-state index < -0.39 is 5.97 Å². The summed E-state index contributed by atoms with van der Waals surface area (Å²) in [7, 11) is 0. The number of allylic oxidation sites excluding steroid dienone is 1. The standard InChI is InChI=1S/C32H34O3/c1-31(2)19-26(20-32(3,4)21-31)30(23-10-14-27(33)15-11-23)28-16-12-24(22-8-6-5-7-9-22)18-25(28)13-17-29(34)35/h5-18,33H,19-21H2,1-4H3,(H,34,35). The van der Waals surface area contributed by atoms with Crippen molar-refractivity contribution in [3.05, 3.63) is 101 Å². The highest BCUT2D eigenvalue weighted by Crippen LogP contribution is 2.51. The van der Waals surface area contributed by atoms with Crippen molar-refractivity contribution in [2.45, 2.75) is 47.0 Å². The first-order chi connectivity index (χ1) is 16.5. The fourth-order valence-corrected chi connectivity index (χ4v) is 5.89. The summed E-state index contributed by atoms with van der Waals surface area (Å²) in [5.74, 6) is -0.743. The number of aromatic hydroxyl groups is 1. The average Bonchev–Trinajstić information content (AvgIpc) is 2.78. The first-order valence-corrected chi connectivity index (χ1v) is 12.2. The molecule has 0 unspecified atom stereocenters. The number of aliphatic carboxylic acids is 1. The van der Waals surface area contributed by atoms with Gasteiger partial charge >= 0.3 is 5.97 Å². The van der Waals surface area contributed by atoms with Gasteiger partial charge in [0.25, 0.3) is 0 Å². The van der Waals surface area contributed by atoms with Crippen molar-refractivity contribution in [3.8, 4) is 16.9 Å². The SMILES string of the molecule is CC1(C)CC(=C(c2ccc(O)cc2)c2ccc(-c3ccccc3)cc2C=CC(=O)O)CC(C)(C)C1. The van der Waals surface area contributed by atoms with Gasteiger partial charge in [-0.1, -0.05) is 87.9 Å². The topological polar surface area (TPSA) is 57.5 Å². The minimum atomic E-state index is -0.972. The number of hydrogen-bond donors (Lipinski definition) is 2. The van der Waals surface area contributed by atoms with Crippen LogP contribution in [0.2, 0.25) is 0 Å². The van der Waals surface area contributed by atoms with Crippen LogP contribution >= 0.6 is 0 Å². The number of phenols is 1. The Hall–Kier alpha value is -3.59. The van der Waals surface area contributed by atoms with Gasteiger partial charge in [-0.2, -0.15) is 0 Å². The van der Waals surface area contributed by atoms with Crippen LogP contribution in [0.4, 0.5) is 0 Å². The number of phenolic OH excluding ortho intramolecular Hbond substituents is 1. The predicted molar refractivity (Wildman–Crippen MR) is 144 cm³/mol. The Labute approximate surface area is 208 Å². The number of hydrogen-bond acceptors (Lipinski definition) is 2. The Morgan fingerprint density at radius 2 is 1.46 bits per heavy atom. The average molecular weight is 467 g/mol. The van der Waals surface area contributed by atoms with Crippen molar-refractivity contribution in [2.24, 2.45) is 10.8 Å². The van der Waals surface area contributed by atoms with E-state index in [1.807, 2.05) is 30.3 Å². The molecule has 0 aliphatic heterocycles. The summed E-state index contributed by atoms with van der Waals surface area (Å²) in [6.07, 6.45) is 5.99. The second-order valence-corrected chi connectivity index (χ2v) is 11.2. The normalized spacial score (nSPS) is 16.9. The van der Waals surface area contributed by atoms with Gasteiger partial charge in [0.15, 0.2) is 0 Å². The highest BCUT2D eigenvalue weighted by atomic mass is 16.4. The van der Waals surface area contributed by atoms with Crippen LogP contribution in [-0.4, -0.2) is 16.2 Å². The van der Waals surface area contributed by atoms with E-state index in [1.54, 1.807) is 18.2 Å². The molecule has 3 heteroatoms. The lowest BCUT2D eigenvalue weighted by molar-refractivity contribution is -0.131. The molecule has 0 radical (unpaired) electrons. The van der Waals surface area contributed by atoms with E-state index in [9.17, 15) is 15.0 Å². The van der Waals surface area contributed by atoms with Crippen LogP contribution in [0, 0.1) is 10.8 Å². The number of carbonyl (C=O) groups is 1. The minimum Gasteiger partial charge on any atom is -0.508 e. The lowest BCUT2D eigenvalue weighted by atomic mass is 9.62. The van der Waals surface area contributed by atoms with E-state index in [0.29, 0.717) is 0 Å². The summed E-state index contributed by atoms with van der Waals surface area (Å²) in [5, 5.41) is 19.4. The Kier molecular flexibility index (Phi) is 6.71. The molecule has 3 aromatic carbocycles. The van der Waals surface area contributed by atoms with E-state index in [4.69, 9.17) is 0 Å². The molecule has 4 rings (SSSR count). The Bertz CT molecular complexity index is 1260. The van der Waals surface area contributed by atoms with Crippen molar-refractivity contribution in [1.82, 2.24) is 0 Å². The quantitative estimate of drug-likeness (QED) is 0.373. The molecule has 1 aliphatic carbocycles. The van der Waals surface area contributed by atoms with E-state index in [-0.39, 0.29) is 16.6 Å². The maximum Gasteiger partial charge on any atom is 0.328 e. The first-order valence-electron chi connectivity index (χ1n) is 12.2. The van der Waals surface area contributed by atoms with Gasteiger partial charge in [-0.05, 0) is 87.8 Å². The van der Waals surface area contributed by atoms with Gasteiger partial charge in [-0.15, -0.1) is 0 Å². The summed E-state index contributed by atoms with van der Waals surface area (Å²) in [6, 6.07) is 23.8. The molecular formula is C32H34O3. The molecule has 180 valence electrons. The van der Waals surface area contributed by atoms with Crippen LogP contribution in [0.5, 0.6) is 5.75 Å². The van der Waals surface area contributed by atoms with Gasteiger partial charge < -0.3 is 10.2 Å². The number of benzene rings is 3. The molecule has 0 atom stereocenters. The van der Waals surface area contributed by atoms with Gasteiger partial charge in [0.2, 0.25) is 0 Å². The summed E-state index contributed by atoms with van der Waals surface area (Å²) in [6.45, 7) is 9.30. The summed E-state index contributed by atoms with van der Waals surface area (Å²) >= 11 is 0. The van der Waals surface area contributed by atoms with Gasteiger partial charge in [-0.3, -0.25) is 0 Å². The van der Waals surface area contributed by atoms with E-state index in [1.165, 1.54) is 11.6 Å². The second kappa shape index (κ2) is 9.58. The molecule has 0 bridgehead atoms. The van der Waals surface area contributed by atoms with Gasteiger partial charge in [0, 0.05) is 6.08 Å². The zero-order chi connectivity index (χ0) is 25.2. The molecule has 3 nitrogen and oxygen atoms in total. The van der Waals surface area contributed by atoms with Gasteiger partial charge in [-0.25, -0.2) is 4.79 Å². The molecule has 0 amide bonds. The highest BCUT2D eigenvalue weighted by molar-refractivity contribution is 5.91. The molecule has 0 spiro atoms. The first kappa shape index (κ1) is 24.5. The molecule has 3 aromatic rings. The zero-order valence-electron chi connectivity index (χ0n) is 21.0. The molecule has 0 heterocycles. The molecule has 0 aromatic heterocycles. The Morgan fingerprint density at radius 3 is 2.06 bits per heavy atom. The lowest BCUT2D eigenvalue weighted by Crippen LogP contribution is -2.30. The third-order valence-corrected chi connectivity index (χ3v) is 6.68. The Balaban J connectivity index is 1.98. The van der Waals surface area contributed by atoms with Crippen molar-refractivity contribution >= 4 is 17.6 Å². The smallest absolute Gasteiger partial charge is 0.328 e. The third kappa shape index (κ3) is 5.92. The summed E-state index contributed by atoms with van der Waals surface area (Å²) in [5.41, 5.74) is 7.85. The molecular weight excluding hydrogens is 432 g/mol. The van der Waals surface area contributed by atoms with Crippen LogP contribution in [-0.2, 0) is 4.79 Å². The predicted octanol–water partition coefficient (Wildman–Crippen LogP) is 8.20. The van der Waals surface area contributed by atoms with Crippen LogP contribution < -0.4 is 0 Å². The van der Waals surface area contributed by atoms with Gasteiger partial charge in [0.1, 0.15) is 5.75 Å². The third-order valence-electron chi connectivity index (χ3n) is 6.68. The van der Waals surface area contributed by atoms with Crippen molar-refractivity contribution in [1.29, 1.82) is 0 Å². The maximum atomic E-state index is 11.5.